The van der Waals surface area contributed by atoms with Gasteiger partial charge in [0.1, 0.15) is 23.7 Å². The lowest BCUT2D eigenvalue weighted by Gasteiger charge is -2.40. The number of amides is 3. The van der Waals surface area contributed by atoms with Crippen molar-refractivity contribution in [3.63, 3.8) is 0 Å². The Morgan fingerprint density at radius 2 is 1.88 bits per heavy atom. The fraction of sp³-hybridized carbons (Fsp3) is 0.419. The molecule has 12 heteroatoms. The number of ether oxygens (including phenoxy) is 3. The lowest BCUT2D eigenvalue weighted by molar-refractivity contribution is -0.0113. The summed E-state index contributed by atoms with van der Waals surface area (Å²) in [5.74, 6) is -0.305. The molecule has 2 atom stereocenters. The van der Waals surface area contributed by atoms with E-state index in [-0.39, 0.29) is 36.6 Å². The highest BCUT2D eigenvalue weighted by atomic mass is 16.6. The van der Waals surface area contributed by atoms with Gasteiger partial charge in [-0.3, -0.25) is 19.2 Å². The molecular formula is C31H39N5O7. The zero-order chi connectivity index (χ0) is 31.3. The molecule has 0 unspecified atom stereocenters. The molecule has 43 heavy (non-hydrogen) atoms. The van der Waals surface area contributed by atoms with Crippen LogP contribution in [0.25, 0.3) is 0 Å². The van der Waals surface area contributed by atoms with Crippen LogP contribution >= 0.6 is 0 Å². The van der Waals surface area contributed by atoms with E-state index in [1.807, 2.05) is 31.3 Å². The molecule has 1 aliphatic rings. The van der Waals surface area contributed by atoms with Crippen LogP contribution < -0.4 is 20.5 Å². The van der Waals surface area contributed by atoms with E-state index in [0.717, 1.165) is 16.8 Å². The first-order valence-corrected chi connectivity index (χ1v) is 14.1. The Balaban J connectivity index is 1.51. The average Bonchev–Trinajstić information content (AvgIpc) is 3.37. The molecule has 230 valence electrons. The highest BCUT2D eigenvalue weighted by Gasteiger charge is 2.37. The number of aliphatic hydroxyl groups is 1. The minimum absolute atomic E-state index is 0.146. The number of carbonyl (C=O) groups is 3. The first kappa shape index (κ1) is 31.4. The molecular weight excluding hydrogens is 554 g/mol. The smallest absolute Gasteiger partial charge is 0.410 e. The van der Waals surface area contributed by atoms with Crippen molar-refractivity contribution in [3.05, 3.63) is 76.6 Å². The number of carbonyl (C=O) groups excluding carboxylic acids is 3. The van der Waals surface area contributed by atoms with Crippen molar-refractivity contribution < 1.29 is 33.7 Å². The number of aliphatic hydroxyl groups excluding tert-OH is 1. The average molecular weight is 594 g/mol. The van der Waals surface area contributed by atoms with Gasteiger partial charge in [0.25, 0.3) is 5.91 Å². The summed E-state index contributed by atoms with van der Waals surface area (Å²) in [6.45, 7) is 7.73. The lowest BCUT2D eigenvalue weighted by atomic mass is 9.91. The van der Waals surface area contributed by atoms with Gasteiger partial charge >= 0.3 is 6.09 Å². The maximum Gasteiger partial charge on any atom is 0.410 e. The SMILES string of the molecule is CCOc1cc(C(N)=O)ccc1C(=O)NC[C@@H](O)[C@@H]1Cc2ccc(OCc3ccnn3C)cc2CN1C(=O)OC(C)(C)C. The molecule has 0 bridgehead atoms. The number of primary amides is 1. The Morgan fingerprint density at radius 1 is 1.12 bits per heavy atom. The molecule has 4 N–H and O–H groups in total. The first-order chi connectivity index (χ1) is 20.4. The second-order valence-corrected chi connectivity index (χ2v) is 11.3. The molecule has 0 saturated carbocycles. The van der Waals surface area contributed by atoms with Crippen LogP contribution in [0.5, 0.6) is 11.5 Å². The number of aromatic nitrogens is 2. The Hall–Kier alpha value is -4.58. The van der Waals surface area contributed by atoms with Gasteiger partial charge in [-0.1, -0.05) is 6.07 Å². The summed E-state index contributed by atoms with van der Waals surface area (Å²) >= 11 is 0. The monoisotopic (exact) mass is 593 g/mol. The molecule has 1 aromatic heterocycles. The Labute approximate surface area is 250 Å². The Morgan fingerprint density at radius 3 is 2.53 bits per heavy atom. The van der Waals surface area contributed by atoms with Gasteiger partial charge in [0.2, 0.25) is 5.91 Å². The van der Waals surface area contributed by atoms with E-state index < -0.39 is 35.7 Å². The number of aryl methyl sites for hydroxylation is 1. The van der Waals surface area contributed by atoms with Crippen LogP contribution in [0.2, 0.25) is 0 Å². The van der Waals surface area contributed by atoms with Crippen molar-refractivity contribution in [1.29, 1.82) is 0 Å². The van der Waals surface area contributed by atoms with E-state index in [0.29, 0.717) is 18.8 Å². The molecule has 4 rings (SSSR count). The van der Waals surface area contributed by atoms with E-state index in [1.165, 1.54) is 23.1 Å². The molecule has 0 fully saturated rings. The summed E-state index contributed by atoms with van der Waals surface area (Å²) in [4.78, 5) is 39.5. The predicted molar refractivity (Wildman–Crippen MR) is 158 cm³/mol. The Kier molecular flexibility index (Phi) is 9.59. The van der Waals surface area contributed by atoms with Gasteiger partial charge < -0.3 is 30.4 Å². The zero-order valence-corrected chi connectivity index (χ0v) is 25.1. The molecule has 0 aliphatic carbocycles. The molecule has 3 aromatic rings. The molecule has 3 amide bonds. The summed E-state index contributed by atoms with van der Waals surface area (Å²) in [6, 6.07) is 11.2. The fourth-order valence-electron chi connectivity index (χ4n) is 4.81. The van der Waals surface area contributed by atoms with Crippen LogP contribution in [0.15, 0.2) is 48.7 Å². The van der Waals surface area contributed by atoms with Gasteiger partial charge in [0.05, 0.1) is 30.0 Å². The highest BCUT2D eigenvalue weighted by Crippen LogP contribution is 2.30. The van der Waals surface area contributed by atoms with Crippen molar-refractivity contribution in [2.75, 3.05) is 13.2 Å². The normalized spacial score (nSPS) is 15.3. The van der Waals surface area contributed by atoms with Gasteiger partial charge in [0.15, 0.2) is 0 Å². The van der Waals surface area contributed by atoms with Crippen molar-refractivity contribution in [2.24, 2.45) is 12.8 Å². The third kappa shape index (κ3) is 7.83. The maximum atomic E-state index is 13.3. The molecule has 2 aromatic carbocycles. The van der Waals surface area contributed by atoms with Crippen LogP contribution in [-0.4, -0.2) is 68.6 Å². The number of nitrogens with zero attached hydrogens (tertiary/aromatic N) is 3. The standard InChI is InChI=1S/C31H39N5O7/c1-6-41-27-15-20(28(32)38)8-10-24(27)29(39)33-16-26(37)25-14-19-7-9-23(42-18-22-11-12-34-35(22)5)13-21(19)17-36(25)30(40)43-31(2,3)4/h7-13,15,25-26,37H,6,14,16-18H2,1-5H3,(H2,32,38)(H,33,39)/t25-,26+/m0/s1. The van der Waals surface area contributed by atoms with Crippen LogP contribution in [0.4, 0.5) is 4.79 Å². The number of nitrogens with one attached hydrogen (secondary N) is 1. The number of hydrogen-bond acceptors (Lipinski definition) is 8. The van der Waals surface area contributed by atoms with Crippen molar-refractivity contribution in [3.8, 4) is 11.5 Å². The highest BCUT2D eigenvalue weighted by molar-refractivity contribution is 5.99. The maximum absolute atomic E-state index is 13.3. The van der Waals surface area contributed by atoms with Crippen LogP contribution in [0.1, 0.15) is 65.2 Å². The second-order valence-electron chi connectivity index (χ2n) is 11.3. The third-order valence-electron chi connectivity index (χ3n) is 7.01. The predicted octanol–water partition coefficient (Wildman–Crippen LogP) is 2.95. The topological polar surface area (TPSA) is 158 Å². The number of rotatable bonds is 10. The van der Waals surface area contributed by atoms with Crippen molar-refractivity contribution >= 4 is 17.9 Å². The van der Waals surface area contributed by atoms with Crippen LogP contribution in [0, 0.1) is 0 Å². The van der Waals surface area contributed by atoms with Crippen molar-refractivity contribution in [2.45, 2.75) is 65.0 Å². The van der Waals surface area contributed by atoms with E-state index in [9.17, 15) is 19.5 Å². The van der Waals surface area contributed by atoms with Gasteiger partial charge in [-0.25, -0.2) is 4.79 Å². The number of nitrogens with two attached hydrogens (primary N) is 1. The minimum atomic E-state index is -1.12. The van der Waals surface area contributed by atoms with E-state index in [2.05, 4.69) is 10.4 Å². The number of fused-ring (bicyclic) bond motifs is 1. The molecule has 2 heterocycles. The first-order valence-electron chi connectivity index (χ1n) is 14.1. The number of hydrogen-bond donors (Lipinski definition) is 3. The van der Waals surface area contributed by atoms with Gasteiger partial charge in [0, 0.05) is 31.9 Å². The van der Waals surface area contributed by atoms with E-state index >= 15 is 0 Å². The number of benzene rings is 2. The zero-order valence-electron chi connectivity index (χ0n) is 25.1. The fourth-order valence-corrected chi connectivity index (χ4v) is 4.81. The molecule has 0 radical (unpaired) electrons. The lowest BCUT2D eigenvalue weighted by Crippen LogP contribution is -2.54. The van der Waals surface area contributed by atoms with E-state index in [4.69, 9.17) is 19.9 Å². The second kappa shape index (κ2) is 13.2. The molecule has 0 saturated heterocycles. The summed E-state index contributed by atoms with van der Waals surface area (Å²) in [7, 11) is 1.84. The summed E-state index contributed by atoms with van der Waals surface area (Å²) < 4.78 is 18.9. The van der Waals surface area contributed by atoms with Gasteiger partial charge in [-0.05, 0) is 81.6 Å². The molecule has 1 aliphatic heterocycles. The summed E-state index contributed by atoms with van der Waals surface area (Å²) in [6.07, 6.45) is 0.349. The van der Waals surface area contributed by atoms with Gasteiger partial charge in [-0.2, -0.15) is 5.10 Å². The summed E-state index contributed by atoms with van der Waals surface area (Å²) in [5.41, 5.74) is 7.75. The summed E-state index contributed by atoms with van der Waals surface area (Å²) in [5, 5.41) is 18.2. The quantitative estimate of drug-likeness (QED) is 0.324. The van der Waals surface area contributed by atoms with E-state index in [1.54, 1.807) is 38.6 Å². The van der Waals surface area contributed by atoms with Crippen LogP contribution in [-0.2, 0) is 31.4 Å². The third-order valence-corrected chi connectivity index (χ3v) is 7.01. The Bertz CT molecular complexity index is 1480. The van der Waals surface area contributed by atoms with Gasteiger partial charge in [-0.15, -0.1) is 0 Å². The molecule has 12 nitrogen and oxygen atoms in total. The largest absolute Gasteiger partial charge is 0.493 e. The minimum Gasteiger partial charge on any atom is -0.493 e. The van der Waals surface area contributed by atoms with Crippen LogP contribution in [0.3, 0.4) is 0 Å². The molecule has 0 spiro atoms. The van der Waals surface area contributed by atoms with Crippen molar-refractivity contribution in [1.82, 2.24) is 20.0 Å².